The molecule has 0 spiro atoms. The number of hydrogen-bond acceptors (Lipinski definition) is 9. The lowest BCUT2D eigenvalue weighted by molar-refractivity contribution is 0.0570. The number of nitriles is 1. The topological polar surface area (TPSA) is 104 Å². The summed E-state index contributed by atoms with van der Waals surface area (Å²) in [5.41, 5.74) is 13.8. The van der Waals surface area contributed by atoms with Crippen molar-refractivity contribution in [2.24, 2.45) is 0 Å². The van der Waals surface area contributed by atoms with Gasteiger partial charge in [0.25, 0.3) is 0 Å². The Morgan fingerprint density at radius 2 is 1.70 bits per heavy atom. The first-order valence-corrected chi connectivity index (χ1v) is 16.8. The largest absolute Gasteiger partial charge is 0.373 e. The number of benzene rings is 2. The first kappa shape index (κ1) is 33.1. The average Bonchev–Trinajstić information content (AvgIpc) is 3.52. The van der Waals surface area contributed by atoms with Crippen LogP contribution in [0.1, 0.15) is 61.9 Å². The molecule has 0 aliphatic carbocycles. The van der Waals surface area contributed by atoms with Gasteiger partial charge >= 0.3 is 0 Å². The van der Waals surface area contributed by atoms with Crippen molar-refractivity contribution < 1.29 is 0 Å². The van der Waals surface area contributed by atoms with Gasteiger partial charge < -0.3 is 16.1 Å². The van der Waals surface area contributed by atoms with Gasteiger partial charge in [-0.05, 0) is 88.9 Å². The monoisotopic (exact) mass is 689 g/mol. The number of hydrogen-bond donors (Lipinski definition) is 4. The van der Waals surface area contributed by atoms with Crippen LogP contribution in [-0.4, -0.2) is 44.5 Å². The minimum absolute atomic E-state index is 0.157. The first-order valence-electron chi connectivity index (χ1n) is 15.6. The summed E-state index contributed by atoms with van der Waals surface area (Å²) in [5, 5.41) is 21.5. The third-order valence-corrected chi connectivity index (χ3v) is 9.85. The van der Waals surface area contributed by atoms with Crippen LogP contribution in [0.4, 0.5) is 17.1 Å². The van der Waals surface area contributed by atoms with E-state index in [1.807, 2.05) is 50.2 Å². The quantitative estimate of drug-likeness (QED) is 0.142. The van der Waals surface area contributed by atoms with Gasteiger partial charge in [-0.3, -0.25) is 14.9 Å². The first-order chi connectivity index (χ1) is 22.4. The second-order valence-corrected chi connectivity index (χ2v) is 14.4. The molecule has 1 saturated heterocycles. The van der Waals surface area contributed by atoms with Crippen LogP contribution in [0.5, 0.6) is 0 Å². The Labute approximate surface area is 290 Å². The standard InChI is InChI=1S/C35H38Cl3N9/c1-20-6-7-23(14-28(20)36)42-32-22(16-39)17-41-33-26(32)13-24(15-29(33)37)43-34(27-18-40-31(38)12-21(27)2)30-19-47(45-44-30)25-8-10-46(11-9-25)35(3,4)5/h6-7,12-15,17-19,25,34,43-45H,8-11H2,1-5H3,(H,41,42)/t34-/m0/s1. The van der Waals surface area contributed by atoms with Gasteiger partial charge in [0, 0.05) is 70.6 Å². The summed E-state index contributed by atoms with van der Waals surface area (Å²) in [6.45, 7) is 12.9. The maximum absolute atomic E-state index is 10.0. The van der Waals surface area contributed by atoms with E-state index in [0.717, 1.165) is 59.7 Å². The highest BCUT2D eigenvalue weighted by atomic mass is 35.5. The molecule has 0 unspecified atom stereocenters. The molecule has 0 saturated carbocycles. The van der Waals surface area contributed by atoms with Crippen LogP contribution in [0.25, 0.3) is 10.9 Å². The summed E-state index contributed by atoms with van der Waals surface area (Å²) >= 11 is 19.6. The average molecular weight is 691 g/mol. The molecule has 0 bridgehead atoms. The molecule has 4 heterocycles. The summed E-state index contributed by atoms with van der Waals surface area (Å²) in [5.74, 6) is 0. The van der Waals surface area contributed by atoms with Crippen molar-refractivity contribution in [3.05, 3.63) is 98.1 Å². The molecule has 0 amide bonds. The molecule has 6 rings (SSSR count). The Kier molecular flexibility index (Phi) is 9.43. The normalized spacial score (nSPS) is 16.5. The SMILES string of the molecule is Cc1ccc(Nc2c(C#N)cnc3c(Cl)cc(N[C@H](C4=CN(C5CCN(C(C)(C)C)CC5)NN4)c4cnc(Cl)cc4C)cc23)cc1Cl. The predicted molar refractivity (Wildman–Crippen MR) is 192 cm³/mol. The molecule has 2 aromatic heterocycles. The minimum Gasteiger partial charge on any atom is -0.373 e. The number of rotatable bonds is 7. The molecule has 2 aliphatic heterocycles. The van der Waals surface area contributed by atoms with Gasteiger partial charge in [-0.1, -0.05) is 40.9 Å². The van der Waals surface area contributed by atoms with Crippen molar-refractivity contribution in [3.8, 4) is 6.07 Å². The summed E-state index contributed by atoms with van der Waals surface area (Å²) in [6.07, 6.45) is 7.56. The smallest absolute Gasteiger partial charge is 0.129 e. The molecular weight excluding hydrogens is 653 g/mol. The fraction of sp³-hybridized carbons (Fsp3) is 0.343. The number of aromatic nitrogens is 2. The Balaban J connectivity index is 1.36. The predicted octanol–water partition coefficient (Wildman–Crippen LogP) is 8.40. The lowest BCUT2D eigenvalue weighted by atomic mass is 9.97. The molecule has 47 heavy (non-hydrogen) atoms. The van der Waals surface area contributed by atoms with E-state index in [0.29, 0.717) is 43.4 Å². The molecule has 2 aromatic carbocycles. The van der Waals surface area contributed by atoms with E-state index in [4.69, 9.17) is 34.8 Å². The van der Waals surface area contributed by atoms with Crippen molar-refractivity contribution in [1.29, 1.82) is 5.26 Å². The van der Waals surface area contributed by atoms with E-state index in [9.17, 15) is 5.26 Å². The number of pyridine rings is 2. The lowest BCUT2D eigenvalue weighted by Gasteiger charge is -2.42. The van der Waals surface area contributed by atoms with E-state index in [1.54, 1.807) is 6.20 Å². The third-order valence-electron chi connectivity index (χ3n) is 8.95. The van der Waals surface area contributed by atoms with Crippen LogP contribution in [0.3, 0.4) is 0 Å². The number of aryl methyl sites for hydroxylation is 2. The number of anilines is 3. The summed E-state index contributed by atoms with van der Waals surface area (Å²) in [6, 6.07) is 13.6. The van der Waals surface area contributed by atoms with E-state index >= 15 is 0 Å². The molecule has 12 heteroatoms. The number of hydrazine groups is 2. The van der Waals surface area contributed by atoms with Gasteiger partial charge in [-0.2, -0.15) is 5.26 Å². The lowest BCUT2D eigenvalue weighted by Crippen LogP contribution is -2.52. The van der Waals surface area contributed by atoms with Gasteiger partial charge in [0.2, 0.25) is 0 Å². The van der Waals surface area contributed by atoms with Crippen molar-refractivity contribution in [3.63, 3.8) is 0 Å². The Bertz CT molecular complexity index is 1890. The Hall–Kier alpha value is -3.78. The van der Waals surface area contributed by atoms with E-state index in [-0.39, 0.29) is 11.6 Å². The maximum atomic E-state index is 10.0. The summed E-state index contributed by atoms with van der Waals surface area (Å²) < 4.78 is 0. The van der Waals surface area contributed by atoms with Crippen LogP contribution < -0.4 is 21.6 Å². The van der Waals surface area contributed by atoms with Crippen molar-refractivity contribution in [2.45, 2.75) is 65.1 Å². The second-order valence-electron chi connectivity index (χ2n) is 13.2. The Morgan fingerprint density at radius 1 is 0.957 bits per heavy atom. The number of piperidine rings is 1. The highest BCUT2D eigenvalue weighted by Gasteiger charge is 2.32. The van der Waals surface area contributed by atoms with Gasteiger partial charge in [-0.15, -0.1) is 5.53 Å². The highest BCUT2D eigenvalue weighted by molar-refractivity contribution is 6.36. The molecule has 0 radical (unpaired) electrons. The van der Waals surface area contributed by atoms with Crippen LogP contribution in [0.15, 0.2) is 60.7 Å². The number of halogens is 3. The molecule has 244 valence electrons. The van der Waals surface area contributed by atoms with E-state index in [1.165, 1.54) is 6.20 Å². The van der Waals surface area contributed by atoms with Crippen molar-refractivity contribution >= 4 is 62.8 Å². The van der Waals surface area contributed by atoms with Crippen molar-refractivity contribution in [1.82, 2.24) is 30.8 Å². The third kappa shape index (κ3) is 7.08. The zero-order valence-corrected chi connectivity index (χ0v) is 29.3. The summed E-state index contributed by atoms with van der Waals surface area (Å²) in [4.78, 5) is 11.5. The van der Waals surface area contributed by atoms with E-state index in [2.05, 4.69) is 74.5 Å². The second kappa shape index (κ2) is 13.4. The number of nitrogens with zero attached hydrogens (tertiary/aromatic N) is 5. The van der Waals surface area contributed by atoms with Gasteiger partial charge in [-0.25, -0.2) is 4.98 Å². The maximum Gasteiger partial charge on any atom is 0.129 e. The van der Waals surface area contributed by atoms with Gasteiger partial charge in [0.1, 0.15) is 11.2 Å². The van der Waals surface area contributed by atoms with E-state index < -0.39 is 0 Å². The molecule has 9 nitrogen and oxygen atoms in total. The van der Waals surface area contributed by atoms with Gasteiger partial charge in [0.05, 0.1) is 33.5 Å². The summed E-state index contributed by atoms with van der Waals surface area (Å²) in [7, 11) is 0. The van der Waals surface area contributed by atoms with Crippen molar-refractivity contribution in [2.75, 3.05) is 23.7 Å². The zero-order valence-electron chi connectivity index (χ0n) is 27.0. The molecular formula is C35H38Cl3N9. The zero-order chi connectivity index (χ0) is 33.5. The Morgan fingerprint density at radius 3 is 2.38 bits per heavy atom. The van der Waals surface area contributed by atoms with Gasteiger partial charge in [0.15, 0.2) is 0 Å². The molecule has 1 fully saturated rings. The van der Waals surface area contributed by atoms with Crippen LogP contribution in [0, 0.1) is 25.2 Å². The van der Waals surface area contributed by atoms with Crippen LogP contribution in [-0.2, 0) is 0 Å². The van der Waals surface area contributed by atoms with Crippen LogP contribution in [0.2, 0.25) is 15.2 Å². The molecule has 1 atom stereocenters. The fourth-order valence-corrected chi connectivity index (χ4v) is 6.86. The number of fused-ring (bicyclic) bond motifs is 1. The highest BCUT2D eigenvalue weighted by Crippen LogP contribution is 2.38. The minimum atomic E-state index is -0.333. The molecule has 4 aromatic rings. The number of nitrogens with one attached hydrogen (secondary N) is 4. The fourth-order valence-electron chi connectivity index (χ4n) is 6.20. The van der Waals surface area contributed by atoms with Crippen LogP contribution >= 0.6 is 34.8 Å². The molecule has 2 aliphatic rings. The molecule has 4 N–H and O–H groups in total. The number of likely N-dealkylation sites (tertiary alicyclic amines) is 1.